The maximum Gasteiger partial charge on any atom is 0.335 e. The predicted octanol–water partition coefficient (Wildman–Crippen LogP) is 4.64. The number of hydrogen-bond acceptors (Lipinski definition) is 7. The van der Waals surface area contributed by atoms with E-state index in [1.54, 1.807) is 6.07 Å². The van der Waals surface area contributed by atoms with Gasteiger partial charge in [0.05, 0.1) is 22.7 Å². The lowest BCUT2D eigenvalue weighted by molar-refractivity contribution is -0.384. The van der Waals surface area contributed by atoms with Crippen LogP contribution in [-0.2, 0) is 16.2 Å². The van der Waals surface area contributed by atoms with Gasteiger partial charge in [-0.25, -0.2) is 14.1 Å². The third-order valence-corrected chi connectivity index (χ3v) is 5.52. The molecule has 4 amide bonds. The minimum Gasteiger partial charge on any atom is -0.493 e. The molecule has 1 aliphatic rings. The number of non-ortho nitro benzene ring substituents is 1. The van der Waals surface area contributed by atoms with Gasteiger partial charge in [0.25, 0.3) is 17.5 Å². The molecule has 1 N–H and O–H groups in total. The van der Waals surface area contributed by atoms with Crippen LogP contribution < -0.4 is 19.7 Å². The number of nitro groups is 1. The molecule has 0 radical (unpaired) electrons. The van der Waals surface area contributed by atoms with Crippen molar-refractivity contribution in [3.63, 3.8) is 0 Å². The molecule has 4 rings (SSSR count). The Labute approximate surface area is 214 Å². The van der Waals surface area contributed by atoms with E-state index in [1.807, 2.05) is 0 Å². The minimum absolute atomic E-state index is 0.0518. The Kier molecular flexibility index (Phi) is 7.16. The van der Waals surface area contributed by atoms with Crippen LogP contribution in [0.15, 0.2) is 66.2 Å². The normalized spacial score (nSPS) is 14.5. The molecule has 1 fully saturated rings. The number of nitrogens with one attached hydrogen (secondary N) is 1. The monoisotopic (exact) mass is 525 g/mol. The molecule has 12 heteroatoms. The topological polar surface area (TPSA) is 128 Å². The molecule has 3 aromatic rings. The number of ether oxygens (including phenoxy) is 2. The molecule has 0 aromatic heterocycles. The fourth-order valence-corrected chi connectivity index (χ4v) is 3.83. The summed E-state index contributed by atoms with van der Waals surface area (Å²) >= 11 is 6.38. The molecule has 0 unspecified atom stereocenters. The quantitative estimate of drug-likeness (QED) is 0.206. The fourth-order valence-electron chi connectivity index (χ4n) is 3.55. The van der Waals surface area contributed by atoms with Crippen LogP contribution >= 0.6 is 11.6 Å². The lowest BCUT2D eigenvalue weighted by Crippen LogP contribution is -2.54. The molecule has 0 saturated carbocycles. The first-order chi connectivity index (χ1) is 17.7. The Bertz CT molecular complexity index is 1470. The Morgan fingerprint density at radius 1 is 1.11 bits per heavy atom. The van der Waals surface area contributed by atoms with Crippen molar-refractivity contribution in [3.8, 4) is 11.5 Å². The van der Waals surface area contributed by atoms with Gasteiger partial charge in [-0.15, -0.1) is 0 Å². The van der Waals surface area contributed by atoms with E-state index < -0.39 is 34.2 Å². The molecule has 0 aliphatic carbocycles. The van der Waals surface area contributed by atoms with Gasteiger partial charge in [-0.1, -0.05) is 29.8 Å². The molecule has 1 saturated heterocycles. The molecular weight excluding hydrogens is 509 g/mol. The third-order valence-electron chi connectivity index (χ3n) is 5.24. The van der Waals surface area contributed by atoms with Gasteiger partial charge in [0.1, 0.15) is 18.0 Å². The van der Waals surface area contributed by atoms with Crippen molar-refractivity contribution in [2.24, 2.45) is 0 Å². The van der Waals surface area contributed by atoms with E-state index in [9.17, 15) is 28.9 Å². The summed E-state index contributed by atoms with van der Waals surface area (Å²) < 4.78 is 24.7. The zero-order valence-electron chi connectivity index (χ0n) is 19.1. The number of imide groups is 2. The van der Waals surface area contributed by atoms with Gasteiger partial charge in [-0.05, 0) is 47.5 Å². The third kappa shape index (κ3) is 5.41. The Balaban J connectivity index is 1.63. The maximum atomic E-state index is 13.7. The molecular formula is C25H17ClFN3O7. The van der Waals surface area contributed by atoms with E-state index >= 15 is 0 Å². The van der Waals surface area contributed by atoms with E-state index in [0.29, 0.717) is 10.5 Å². The first-order valence-electron chi connectivity index (χ1n) is 10.6. The molecule has 188 valence electrons. The molecule has 1 heterocycles. The number of nitrogens with zero attached hydrogens (tertiary/aromatic N) is 2. The predicted molar refractivity (Wildman–Crippen MR) is 131 cm³/mol. The Hall–Kier alpha value is -4.77. The van der Waals surface area contributed by atoms with Crippen LogP contribution in [0, 0.1) is 15.9 Å². The number of carbonyl (C=O) groups excluding carboxylic acids is 3. The highest BCUT2D eigenvalue weighted by Gasteiger charge is 2.37. The number of barbiturate groups is 1. The number of methoxy groups -OCH3 is 1. The second-order valence-electron chi connectivity index (χ2n) is 7.69. The molecule has 0 bridgehead atoms. The largest absolute Gasteiger partial charge is 0.493 e. The average molecular weight is 526 g/mol. The van der Waals surface area contributed by atoms with Crippen LogP contribution in [0.2, 0.25) is 5.02 Å². The van der Waals surface area contributed by atoms with Crippen molar-refractivity contribution in [2.75, 3.05) is 12.0 Å². The zero-order valence-corrected chi connectivity index (χ0v) is 19.8. The number of benzene rings is 3. The van der Waals surface area contributed by atoms with Crippen LogP contribution in [0.3, 0.4) is 0 Å². The number of hydrogen-bond donors (Lipinski definition) is 1. The van der Waals surface area contributed by atoms with Gasteiger partial charge in [-0.2, -0.15) is 0 Å². The van der Waals surface area contributed by atoms with E-state index in [-0.39, 0.29) is 40.1 Å². The van der Waals surface area contributed by atoms with Crippen LogP contribution in [0.1, 0.15) is 11.1 Å². The van der Waals surface area contributed by atoms with E-state index in [2.05, 4.69) is 5.32 Å². The summed E-state index contributed by atoms with van der Waals surface area (Å²) in [6.45, 7) is -0.0518. The minimum atomic E-state index is -1.02. The van der Waals surface area contributed by atoms with Crippen molar-refractivity contribution >= 4 is 46.9 Å². The highest BCUT2D eigenvalue weighted by molar-refractivity contribution is 6.39. The number of urea groups is 1. The smallest absolute Gasteiger partial charge is 0.335 e. The number of amides is 4. The standard InChI is InChI=1S/C25H17ClFN3O7/c1-36-21-11-15(10-20(26)22(21)37-13-14-4-2-7-18(8-14)30(34)35)9-19-23(31)28-25(33)29(24(19)32)17-6-3-5-16(27)12-17/h2-12H,13H2,1H3,(H,28,31,33)/b19-9+. The fraction of sp³-hybridized carbons (Fsp3) is 0.0800. The van der Waals surface area contributed by atoms with E-state index in [1.165, 1.54) is 55.7 Å². The van der Waals surface area contributed by atoms with Crippen LogP contribution in [-0.4, -0.2) is 29.9 Å². The van der Waals surface area contributed by atoms with Crippen LogP contribution in [0.25, 0.3) is 6.08 Å². The highest BCUT2D eigenvalue weighted by Crippen LogP contribution is 2.38. The van der Waals surface area contributed by atoms with Crippen molar-refractivity contribution in [1.82, 2.24) is 5.32 Å². The Morgan fingerprint density at radius 3 is 2.57 bits per heavy atom. The molecule has 0 spiro atoms. The SMILES string of the molecule is COc1cc(/C=C2\C(=O)NC(=O)N(c3cccc(F)c3)C2=O)cc(Cl)c1OCc1cccc([N+](=O)[O-])c1. The second-order valence-corrected chi connectivity index (χ2v) is 8.09. The Morgan fingerprint density at radius 2 is 1.86 bits per heavy atom. The van der Waals surface area contributed by atoms with Crippen molar-refractivity contribution in [3.05, 3.63) is 98.3 Å². The summed E-state index contributed by atoms with van der Waals surface area (Å²) in [6.07, 6.45) is 1.20. The first-order valence-corrected chi connectivity index (χ1v) is 11.0. The van der Waals surface area contributed by atoms with Crippen molar-refractivity contribution < 1.29 is 33.2 Å². The summed E-state index contributed by atoms with van der Waals surface area (Å²) in [4.78, 5) is 48.9. The molecule has 0 atom stereocenters. The lowest BCUT2D eigenvalue weighted by Gasteiger charge is -2.26. The van der Waals surface area contributed by atoms with Gasteiger partial charge in [0.15, 0.2) is 11.5 Å². The number of carbonyl (C=O) groups is 3. The molecule has 10 nitrogen and oxygen atoms in total. The van der Waals surface area contributed by atoms with E-state index in [4.69, 9.17) is 21.1 Å². The highest BCUT2D eigenvalue weighted by atomic mass is 35.5. The second kappa shape index (κ2) is 10.5. The van der Waals surface area contributed by atoms with Crippen molar-refractivity contribution in [2.45, 2.75) is 6.61 Å². The number of nitro benzene ring substituents is 1. The van der Waals surface area contributed by atoms with Gasteiger partial charge >= 0.3 is 6.03 Å². The van der Waals surface area contributed by atoms with E-state index in [0.717, 1.165) is 12.1 Å². The summed E-state index contributed by atoms with van der Waals surface area (Å²) in [7, 11) is 1.35. The molecule has 37 heavy (non-hydrogen) atoms. The lowest BCUT2D eigenvalue weighted by atomic mass is 10.1. The average Bonchev–Trinajstić information content (AvgIpc) is 2.85. The zero-order chi connectivity index (χ0) is 26.7. The number of rotatable bonds is 7. The number of anilines is 1. The molecule has 1 aliphatic heterocycles. The summed E-state index contributed by atoms with van der Waals surface area (Å²) in [6, 6.07) is 12.5. The first kappa shape index (κ1) is 25.3. The molecule has 3 aromatic carbocycles. The van der Waals surface area contributed by atoms with Gasteiger partial charge < -0.3 is 9.47 Å². The summed E-state index contributed by atoms with van der Waals surface area (Å²) in [5, 5.41) is 13.1. The maximum absolute atomic E-state index is 13.7. The van der Waals surface area contributed by atoms with Crippen LogP contribution in [0.5, 0.6) is 11.5 Å². The summed E-state index contributed by atoms with van der Waals surface area (Å²) in [5.74, 6) is -2.28. The summed E-state index contributed by atoms with van der Waals surface area (Å²) in [5.41, 5.74) is 0.248. The number of halogens is 2. The van der Waals surface area contributed by atoms with Crippen LogP contribution in [0.4, 0.5) is 20.6 Å². The van der Waals surface area contributed by atoms with Gasteiger partial charge in [-0.3, -0.25) is 25.0 Å². The van der Waals surface area contributed by atoms with Gasteiger partial charge in [0, 0.05) is 12.1 Å². The van der Waals surface area contributed by atoms with Crippen molar-refractivity contribution in [1.29, 1.82) is 0 Å². The van der Waals surface area contributed by atoms with Gasteiger partial charge in [0.2, 0.25) is 0 Å².